The molecule has 1 fully saturated rings. The summed E-state index contributed by atoms with van der Waals surface area (Å²) in [6.07, 6.45) is 2.20. The number of hydrogen-bond donors (Lipinski definition) is 1. The number of likely N-dealkylation sites (tertiary alicyclic amines) is 1. The van der Waals surface area contributed by atoms with Crippen LogP contribution in [0.5, 0.6) is 0 Å². The summed E-state index contributed by atoms with van der Waals surface area (Å²) in [5.74, 6) is 1.31. The molecule has 1 N–H and O–H groups in total. The van der Waals surface area contributed by atoms with Crippen molar-refractivity contribution in [3.05, 3.63) is 35.4 Å². The Morgan fingerprint density at radius 3 is 2.61 bits per heavy atom. The molecule has 1 aliphatic rings. The standard InChI is InChI=1S/C16H25NO/c1-13(2)16-5-3-14(4-6-16)11-17-9-7-15(12-17)8-10-18/h3-6,13,15,18H,7-12H2,1-2H3. The Hall–Kier alpha value is -0.860. The van der Waals surface area contributed by atoms with E-state index in [9.17, 15) is 0 Å². The zero-order chi connectivity index (χ0) is 13.0. The monoisotopic (exact) mass is 247 g/mol. The molecular weight excluding hydrogens is 222 g/mol. The second-order valence-corrected chi connectivity index (χ2v) is 5.80. The van der Waals surface area contributed by atoms with Crippen molar-refractivity contribution in [2.45, 2.75) is 39.2 Å². The van der Waals surface area contributed by atoms with Gasteiger partial charge in [0.25, 0.3) is 0 Å². The van der Waals surface area contributed by atoms with E-state index in [1.54, 1.807) is 0 Å². The van der Waals surface area contributed by atoms with E-state index in [0.29, 0.717) is 18.4 Å². The Labute approximate surface area is 111 Å². The molecule has 2 rings (SSSR count). The highest BCUT2D eigenvalue weighted by atomic mass is 16.3. The lowest BCUT2D eigenvalue weighted by molar-refractivity contribution is 0.249. The number of hydrogen-bond acceptors (Lipinski definition) is 2. The minimum Gasteiger partial charge on any atom is -0.396 e. The second kappa shape index (κ2) is 6.35. The van der Waals surface area contributed by atoms with E-state index in [-0.39, 0.29) is 0 Å². The molecule has 1 heterocycles. The van der Waals surface area contributed by atoms with Gasteiger partial charge in [-0.05, 0) is 42.3 Å². The minimum absolute atomic E-state index is 0.335. The number of rotatable bonds is 5. The molecule has 1 aliphatic heterocycles. The minimum atomic E-state index is 0.335. The Kier molecular flexibility index (Phi) is 4.79. The van der Waals surface area contributed by atoms with Crippen molar-refractivity contribution in [2.75, 3.05) is 19.7 Å². The van der Waals surface area contributed by atoms with Crippen molar-refractivity contribution in [2.24, 2.45) is 5.92 Å². The Balaban J connectivity index is 1.86. The fourth-order valence-corrected chi connectivity index (χ4v) is 2.74. The van der Waals surface area contributed by atoms with Crippen LogP contribution >= 0.6 is 0 Å². The fourth-order valence-electron chi connectivity index (χ4n) is 2.74. The van der Waals surface area contributed by atoms with Crippen molar-refractivity contribution >= 4 is 0 Å². The van der Waals surface area contributed by atoms with Gasteiger partial charge in [0.15, 0.2) is 0 Å². The average Bonchev–Trinajstić information content (AvgIpc) is 2.78. The summed E-state index contributed by atoms with van der Waals surface area (Å²) >= 11 is 0. The SMILES string of the molecule is CC(C)c1ccc(CN2CCC(CCO)C2)cc1. The third-order valence-corrected chi connectivity index (χ3v) is 3.96. The maximum absolute atomic E-state index is 8.97. The van der Waals surface area contributed by atoms with Crippen LogP contribution in [0, 0.1) is 5.92 Å². The van der Waals surface area contributed by atoms with Gasteiger partial charge in [-0.15, -0.1) is 0 Å². The van der Waals surface area contributed by atoms with Crippen LogP contribution in [0.15, 0.2) is 24.3 Å². The molecular formula is C16H25NO. The van der Waals surface area contributed by atoms with Crippen molar-refractivity contribution < 1.29 is 5.11 Å². The van der Waals surface area contributed by atoms with Crippen LogP contribution in [-0.2, 0) is 6.54 Å². The van der Waals surface area contributed by atoms with E-state index < -0.39 is 0 Å². The number of aliphatic hydroxyl groups excluding tert-OH is 1. The van der Waals surface area contributed by atoms with Crippen LogP contribution in [0.1, 0.15) is 43.7 Å². The predicted molar refractivity (Wildman–Crippen MR) is 75.6 cm³/mol. The van der Waals surface area contributed by atoms with Crippen LogP contribution in [0.4, 0.5) is 0 Å². The van der Waals surface area contributed by atoms with Crippen molar-refractivity contribution in [3.8, 4) is 0 Å². The van der Waals surface area contributed by atoms with Crippen LogP contribution in [0.2, 0.25) is 0 Å². The van der Waals surface area contributed by atoms with Crippen LogP contribution < -0.4 is 0 Å². The molecule has 100 valence electrons. The maximum atomic E-state index is 8.97. The zero-order valence-corrected chi connectivity index (χ0v) is 11.6. The van der Waals surface area contributed by atoms with Gasteiger partial charge in [-0.1, -0.05) is 38.1 Å². The summed E-state index contributed by atoms with van der Waals surface area (Å²) in [7, 11) is 0. The Morgan fingerprint density at radius 2 is 2.00 bits per heavy atom. The van der Waals surface area contributed by atoms with Gasteiger partial charge in [0.05, 0.1) is 0 Å². The summed E-state index contributed by atoms with van der Waals surface area (Å²) in [4.78, 5) is 2.50. The normalized spacial score (nSPS) is 20.8. The van der Waals surface area contributed by atoms with Gasteiger partial charge in [-0.25, -0.2) is 0 Å². The molecule has 1 atom stereocenters. The first-order valence-electron chi connectivity index (χ1n) is 7.11. The van der Waals surface area contributed by atoms with Crippen LogP contribution in [-0.4, -0.2) is 29.7 Å². The molecule has 0 saturated carbocycles. The van der Waals surface area contributed by atoms with Gasteiger partial charge in [-0.3, -0.25) is 4.90 Å². The molecule has 18 heavy (non-hydrogen) atoms. The molecule has 1 aromatic rings. The van der Waals surface area contributed by atoms with E-state index in [1.165, 1.54) is 24.1 Å². The smallest absolute Gasteiger partial charge is 0.0434 e. The first kappa shape index (κ1) is 13.6. The number of aliphatic hydroxyl groups is 1. The topological polar surface area (TPSA) is 23.5 Å². The van der Waals surface area contributed by atoms with E-state index in [4.69, 9.17) is 5.11 Å². The first-order chi connectivity index (χ1) is 8.69. The van der Waals surface area contributed by atoms with E-state index >= 15 is 0 Å². The highest BCUT2D eigenvalue weighted by Gasteiger charge is 2.21. The largest absolute Gasteiger partial charge is 0.396 e. The highest BCUT2D eigenvalue weighted by molar-refractivity contribution is 5.24. The lowest BCUT2D eigenvalue weighted by Gasteiger charge is -2.16. The van der Waals surface area contributed by atoms with E-state index in [2.05, 4.69) is 43.0 Å². The molecule has 2 heteroatoms. The highest BCUT2D eigenvalue weighted by Crippen LogP contribution is 2.22. The van der Waals surface area contributed by atoms with Crippen molar-refractivity contribution in [1.82, 2.24) is 4.90 Å². The first-order valence-corrected chi connectivity index (χ1v) is 7.11. The van der Waals surface area contributed by atoms with E-state index in [0.717, 1.165) is 19.5 Å². The third kappa shape index (κ3) is 3.56. The molecule has 2 nitrogen and oxygen atoms in total. The fraction of sp³-hybridized carbons (Fsp3) is 0.625. The molecule has 1 unspecified atom stereocenters. The molecule has 1 saturated heterocycles. The molecule has 0 bridgehead atoms. The lowest BCUT2D eigenvalue weighted by Crippen LogP contribution is -2.20. The third-order valence-electron chi connectivity index (χ3n) is 3.96. The van der Waals surface area contributed by atoms with Gasteiger partial charge in [-0.2, -0.15) is 0 Å². The second-order valence-electron chi connectivity index (χ2n) is 5.80. The average molecular weight is 247 g/mol. The molecule has 0 spiro atoms. The Morgan fingerprint density at radius 1 is 1.28 bits per heavy atom. The van der Waals surface area contributed by atoms with Gasteiger partial charge < -0.3 is 5.11 Å². The summed E-state index contributed by atoms with van der Waals surface area (Å²) in [6.45, 7) is 8.18. The lowest BCUT2D eigenvalue weighted by atomic mass is 10.0. The Bertz CT molecular complexity index is 358. The molecule has 0 aliphatic carbocycles. The van der Waals surface area contributed by atoms with Crippen LogP contribution in [0.3, 0.4) is 0 Å². The molecule has 0 radical (unpaired) electrons. The van der Waals surface area contributed by atoms with Crippen molar-refractivity contribution in [1.29, 1.82) is 0 Å². The van der Waals surface area contributed by atoms with Gasteiger partial charge in [0.2, 0.25) is 0 Å². The van der Waals surface area contributed by atoms with Gasteiger partial charge >= 0.3 is 0 Å². The van der Waals surface area contributed by atoms with Gasteiger partial charge in [0.1, 0.15) is 0 Å². The van der Waals surface area contributed by atoms with Crippen LogP contribution in [0.25, 0.3) is 0 Å². The van der Waals surface area contributed by atoms with Gasteiger partial charge in [0, 0.05) is 19.7 Å². The summed E-state index contributed by atoms with van der Waals surface area (Å²) in [6, 6.07) is 9.02. The maximum Gasteiger partial charge on any atom is 0.0434 e. The number of benzene rings is 1. The van der Waals surface area contributed by atoms with E-state index in [1.807, 2.05) is 0 Å². The van der Waals surface area contributed by atoms with Crippen molar-refractivity contribution in [3.63, 3.8) is 0 Å². The summed E-state index contributed by atoms with van der Waals surface area (Å²) in [5, 5.41) is 8.97. The molecule has 0 aromatic heterocycles. The molecule has 0 amide bonds. The summed E-state index contributed by atoms with van der Waals surface area (Å²) < 4.78 is 0. The summed E-state index contributed by atoms with van der Waals surface area (Å²) in [5.41, 5.74) is 2.82. The number of nitrogens with zero attached hydrogens (tertiary/aromatic N) is 1. The predicted octanol–water partition coefficient (Wildman–Crippen LogP) is 3.01. The zero-order valence-electron chi connectivity index (χ0n) is 11.6. The molecule has 1 aromatic carbocycles. The quantitative estimate of drug-likeness (QED) is 0.864.